The lowest BCUT2D eigenvalue weighted by Crippen LogP contribution is -2.37. The van der Waals surface area contributed by atoms with Crippen LogP contribution in [0.4, 0.5) is 13.2 Å². The van der Waals surface area contributed by atoms with Gasteiger partial charge in [0.1, 0.15) is 6.54 Å². The van der Waals surface area contributed by atoms with Gasteiger partial charge in [0, 0.05) is 29.6 Å². The minimum Gasteiger partial charge on any atom is -0.355 e. The van der Waals surface area contributed by atoms with Gasteiger partial charge in [0.05, 0.1) is 5.92 Å². The Hall–Kier alpha value is -1.47. The maximum absolute atomic E-state index is 12.3. The van der Waals surface area contributed by atoms with Crippen LogP contribution in [0.15, 0.2) is 18.2 Å². The number of carbonyl (C=O) groups excluding carboxylic acids is 2. The molecule has 0 aliphatic carbocycles. The van der Waals surface area contributed by atoms with Gasteiger partial charge in [0.2, 0.25) is 11.8 Å². The predicted molar refractivity (Wildman–Crippen MR) is 83.9 cm³/mol. The van der Waals surface area contributed by atoms with Crippen LogP contribution >= 0.6 is 23.2 Å². The summed E-state index contributed by atoms with van der Waals surface area (Å²) in [6, 6.07) is 5.01. The molecule has 1 N–H and O–H groups in total. The molecule has 0 aromatic heterocycles. The molecule has 1 heterocycles. The Bertz CT molecular complexity index is 617. The molecule has 1 aromatic carbocycles. The molecule has 0 bridgehead atoms. The maximum Gasteiger partial charge on any atom is 0.406 e. The number of alkyl halides is 3. The molecular formula is C15H15Cl2F3N2O2. The molecule has 1 aromatic rings. The highest BCUT2D eigenvalue weighted by molar-refractivity contribution is 6.34. The lowest BCUT2D eigenvalue weighted by atomic mass is 10.1. The minimum absolute atomic E-state index is 0.203. The van der Waals surface area contributed by atoms with Crippen molar-refractivity contribution in [2.45, 2.75) is 19.0 Å². The lowest BCUT2D eigenvalue weighted by Gasteiger charge is -2.18. The second-order valence-electron chi connectivity index (χ2n) is 5.61. The summed E-state index contributed by atoms with van der Waals surface area (Å²) < 4.78 is 37.0. The fraction of sp³-hybridized carbons (Fsp3) is 0.467. The molecular weight excluding hydrogens is 368 g/mol. The molecule has 9 heteroatoms. The molecule has 1 atom stereocenters. The number of hydrogen-bond donors (Lipinski definition) is 1. The van der Waals surface area contributed by atoms with Crippen LogP contribution in [0.25, 0.3) is 0 Å². The Labute approximate surface area is 146 Å². The number of nitrogens with one attached hydrogen (secondary N) is 1. The van der Waals surface area contributed by atoms with Crippen molar-refractivity contribution in [2.24, 2.45) is 5.92 Å². The molecule has 1 aliphatic rings. The second kappa shape index (κ2) is 7.61. The topological polar surface area (TPSA) is 49.4 Å². The molecule has 2 amide bonds. The Morgan fingerprint density at radius 1 is 1.25 bits per heavy atom. The van der Waals surface area contributed by atoms with Gasteiger partial charge in [-0.05, 0) is 30.2 Å². The Kier molecular flexibility index (Phi) is 5.98. The van der Waals surface area contributed by atoms with Gasteiger partial charge >= 0.3 is 6.18 Å². The molecule has 1 unspecified atom stereocenters. The number of carbonyl (C=O) groups is 2. The third kappa shape index (κ3) is 5.56. The predicted octanol–water partition coefficient (Wildman–Crippen LogP) is 3.06. The fourth-order valence-electron chi connectivity index (χ4n) is 2.55. The van der Waals surface area contributed by atoms with Crippen molar-refractivity contribution >= 4 is 35.0 Å². The van der Waals surface area contributed by atoms with Crippen molar-refractivity contribution in [1.82, 2.24) is 10.2 Å². The third-order valence-corrected chi connectivity index (χ3v) is 4.03. The second-order valence-corrected chi connectivity index (χ2v) is 6.48. The van der Waals surface area contributed by atoms with E-state index >= 15 is 0 Å². The van der Waals surface area contributed by atoms with Crippen molar-refractivity contribution in [3.05, 3.63) is 33.8 Å². The smallest absolute Gasteiger partial charge is 0.355 e. The molecule has 1 saturated heterocycles. The van der Waals surface area contributed by atoms with E-state index in [4.69, 9.17) is 23.2 Å². The average Bonchev–Trinajstić information content (AvgIpc) is 2.77. The molecule has 2 rings (SSSR count). The van der Waals surface area contributed by atoms with Crippen LogP contribution in [0.3, 0.4) is 0 Å². The summed E-state index contributed by atoms with van der Waals surface area (Å²) in [7, 11) is 0. The lowest BCUT2D eigenvalue weighted by molar-refractivity contribution is -0.157. The minimum atomic E-state index is -4.47. The molecule has 1 aliphatic heterocycles. The van der Waals surface area contributed by atoms with Crippen molar-refractivity contribution in [1.29, 1.82) is 0 Å². The van der Waals surface area contributed by atoms with Crippen LogP contribution in [0.5, 0.6) is 0 Å². The zero-order chi connectivity index (χ0) is 17.9. The van der Waals surface area contributed by atoms with Crippen LogP contribution in [0.1, 0.15) is 12.0 Å². The first-order valence-electron chi connectivity index (χ1n) is 7.21. The fourth-order valence-corrected chi connectivity index (χ4v) is 3.12. The molecule has 4 nitrogen and oxygen atoms in total. The first-order chi connectivity index (χ1) is 11.1. The highest BCUT2D eigenvalue weighted by atomic mass is 35.5. The summed E-state index contributed by atoms with van der Waals surface area (Å²) in [5, 5.41) is 3.59. The highest BCUT2D eigenvalue weighted by Gasteiger charge is 2.40. The van der Waals surface area contributed by atoms with E-state index in [1.165, 1.54) is 0 Å². The van der Waals surface area contributed by atoms with E-state index in [-0.39, 0.29) is 19.5 Å². The van der Waals surface area contributed by atoms with Crippen LogP contribution in [0.2, 0.25) is 10.0 Å². The number of likely N-dealkylation sites (tertiary alicyclic amines) is 1. The summed E-state index contributed by atoms with van der Waals surface area (Å²) >= 11 is 11.7. The van der Waals surface area contributed by atoms with E-state index in [2.05, 4.69) is 5.32 Å². The SMILES string of the molecule is O=C(NCCc1cc(Cl)cc(Cl)c1)C1CC(=O)N(CC(F)(F)F)C1. The summed E-state index contributed by atoms with van der Waals surface area (Å²) in [5.74, 6) is -1.85. The van der Waals surface area contributed by atoms with Gasteiger partial charge in [-0.3, -0.25) is 9.59 Å². The standard InChI is InChI=1S/C15H15Cl2F3N2O2/c16-11-3-9(4-12(17)6-11)1-2-21-14(24)10-5-13(23)22(7-10)8-15(18,19)20/h3-4,6,10H,1-2,5,7-8H2,(H,21,24). The van der Waals surface area contributed by atoms with Crippen molar-refractivity contribution < 1.29 is 22.8 Å². The maximum atomic E-state index is 12.3. The molecule has 132 valence electrons. The number of hydrogen-bond acceptors (Lipinski definition) is 2. The highest BCUT2D eigenvalue weighted by Crippen LogP contribution is 2.24. The van der Waals surface area contributed by atoms with Crippen molar-refractivity contribution in [3.63, 3.8) is 0 Å². The van der Waals surface area contributed by atoms with E-state index in [0.29, 0.717) is 21.4 Å². The van der Waals surface area contributed by atoms with E-state index in [9.17, 15) is 22.8 Å². The van der Waals surface area contributed by atoms with E-state index in [1.54, 1.807) is 18.2 Å². The normalized spacial score (nSPS) is 18.1. The van der Waals surface area contributed by atoms with Gasteiger partial charge in [-0.15, -0.1) is 0 Å². The Morgan fingerprint density at radius 2 is 1.88 bits per heavy atom. The van der Waals surface area contributed by atoms with Gasteiger partial charge in [0.25, 0.3) is 0 Å². The van der Waals surface area contributed by atoms with Crippen LogP contribution < -0.4 is 5.32 Å². The van der Waals surface area contributed by atoms with Gasteiger partial charge in [-0.2, -0.15) is 13.2 Å². The first kappa shape index (κ1) is 18.9. The van der Waals surface area contributed by atoms with Gasteiger partial charge in [-0.25, -0.2) is 0 Å². The summed E-state index contributed by atoms with van der Waals surface area (Å²) in [6.07, 6.45) is -4.20. The van der Waals surface area contributed by atoms with E-state index in [0.717, 1.165) is 5.56 Å². The average molecular weight is 383 g/mol. The first-order valence-corrected chi connectivity index (χ1v) is 7.97. The van der Waals surface area contributed by atoms with E-state index < -0.39 is 30.5 Å². The number of nitrogens with zero attached hydrogens (tertiary/aromatic N) is 1. The van der Waals surface area contributed by atoms with Gasteiger partial charge in [-0.1, -0.05) is 23.2 Å². The van der Waals surface area contributed by atoms with Crippen LogP contribution in [0, 0.1) is 5.92 Å². The molecule has 1 fully saturated rings. The van der Waals surface area contributed by atoms with Crippen LogP contribution in [-0.2, 0) is 16.0 Å². The van der Waals surface area contributed by atoms with Gasteiger partial charge < -0.3 is 10.2 Å². The molecule has 0 radical (unpaired) electrons. The largest absolute Gasteiger partial charge is 0.406 e. The third-order valence-electron chi connectivity index (χ3n) is 3.59. The number of rotatable bonds is 5. The Balaban J connectivity index is 1.82. The summed E-state index contributed by atoms with van der Waals surface area (Å²) in [5.41, 5.74) is 0.828. The van der Waals surface area contributed by atoms with Crippen LogP contribution in [-0.4, -0.2) is 42.5 Å². The van der Waals surface area contributed by atoms with Crippen molar-refractivity contribution in [3.8, 4) is 0 Å². The molecule has 24 heavy (non-hydrogen) atoms. The van der Waals surface area contributed by atoms with E-state index in [1.807, 2.05) is 0 Å². The Morgan fingerprint density at radius 3 is 2.46 bits per heavy atom. The zero-order valence-electron chi connectivity index (χ0n) is 12.5. The monoisotopic (exact) mass is 382 g/mol. The molecule has 0 spiro atoms. The number of benzene rings is 1. The van der Waals surface area contributed by atoms with Gasteiger partial charge in [0.15, 0.2) is 0 Å². The summed E-state index contributed by atoms with van der Waals surface area (Å²) in [6.45, 7) is -1.26. The van der Waals surface area contributed by atoms with Crippen molar-refractivity contribution in [2.75, 3.05) is 19.6 Å². The number of amides is 2. The quantitative estimate of drug-likeness (QED) is 0.850. The number of halogens is 5. The summed E-state index contributed by atoms with van der Waals surface area (Å²) in [4.78, 5) is 24.2. The molecule has 0 saturated carbocycles. The zero-order valence-corrected chi connectivity index (χ0v) is 14.0.